The fraction of sp³-hybridized carbons (Fsp3) is 0.0606. The van der Waals surface area contributed by atoms with E-state index in [1.165, 1.54) is 42.5 Å². The summed E-state index contributed by atoms with van der Waals surface area (Å²) in [6, 6.07) is 19.2. The Balaban J connectivity index is 0.00000374. The molecule has 66 heavy (non-hydrogen) atoms. The minimum absolute atomic E-state index is 0. The quantitative estimate of drug-likeness (QED) is 0.0230. The summed E-state index contributed by atoms with van der Waals surface area (Å²) in [6.45, 7) is -0.927. The standard InChI is InChI=1S/C33H29N9O15S5.4Na/c34-30-25-7-2-1-6-24(25)26(18-29(30)61(51,52)53)41-42-27-17-21(10-13-28(27)60(48,49)50)37-33-39-31(38-32(40-33)36-20-4-3-5-23(16-20)59(45,46)47)35-19-8-11-22(12-9-19)58(43,44)15-14-57-62(54,55)56;;;;/h1-13,16-18H,14-15,34H2,(H,45,46,47)(H,48,49,50)(H,51,52,53)(H,54,55,56)(H3,35,36,37,38,39,40);;;;/q;4*+1/p-4. The summed E-state index contributed by atoms with van der Waals surface area (Å²) in [5.41, 5.74) is 4.92. The van der Waals surface area contributed by atoms with Crippen LogP contribution in [0.25, 0.3) is 10.8 Å². The van der Waals surface area contributed by atoms with Gasteiger partial charge in [-0.2, -0.15) is 15.0 Å². The first-order valence-electron chi connectivity index (χ1n) is 16.7. The molecule has 1 aromatic heterocycles. The van der Waals surface area contributed by atoms with Gasteiger partial charge in [0, 0.05) is 27.8 Å². The van der Waals surface area contributed by atoms with Crippen molar-refractivity contribution in [2.24, 2.45) is 10.2 Å². The van der Waals surface area contributed by atoms with Crippen LogP contribution in [0.2, 0.25) is 0 Å². The van der Waals surface area contributed by atoms with E-state index in [0.29, 0.717) is 0 Å². The van der Waals surface area contributed by atoms with Crippen LogP contribution in [0.3, 0.4) is 0 Å². The van der Waals surface area contributed by atoms with E-state index in [1.807, 2.05) is 0 Å². The maximum atomic E-state index is 12.6. The number of nitrogens with zero attached hydrogens (tertiary/aromatic N) is 5. The molecule has 0 unspecified atom stereocenters. The first-order valence-corrected chi connectivity index (χ1v) is 23.9. The molecule has 1 heterocycles. The molecule has 24 nitrogen and oxygen atoms in total. The van der Waals surface area contributed by atoms with Gasteiger partial charge in [0.05, 0.1) is 43.3 Å². The molecule has 0 fully saturated rings. The van der Waals surface area contributed by atoms with Crippen molar-refractivity contribution >= 4 is 113 Å². The van der Waals surface area contributed by atoms with Crippen LogP contribution in [0.15, 0.2) is 127 Å². The zero-order chi connectivity index (χ0) is 45.3. The van der Waals surface area contributed by atoms with E-state index in [-0.39, 0.29) is 180 Å². The van der Waals surface area contributed by atoms with Gasteiger partial charge in [-0.25, -0.2) is 42.1 Å². The molecule has 0 radical (unpaired) electrons. The topological polar surface area (TPSA) is 398 Å². The molecule has 0 amide bonds. The van der Waals surface area contributed by atoms with Crippen LogP contribution in [0.1, 0.15) is 0 Å². The molecule has 33 heteroatoms. The molecule has 5 N–H and O–H groups in total. The Morgan fingerprint density at radius 1 is 0.515 bits per heavy atom. The Kier molecular flexibility index (Phi) is 21.8. The van der Waals surface area contributed by atoms with Gasteiger partial charge in [-0.05, 0) is 66.7 Å². The predicted octanol–water partition coefficient (Wildman–Crippen LogP) is -8.77. The minimum atomic E-state index is -5.23. The molecule has 5 aromatic carbocycles. The number of hydrogen-bond acceptors (Lipinski definition) is 24. The average Bonchev–Trinajstić information content (AvgIpc) is 3.16. The summed E-state index contributed by atoms with van der Waals surface area (Å²) in [7, 11) is -24.5. The number of rotatable bonds is 16. The van der Waals surface area contributed by atoms with Crippen LogP contribution in [0.5, 0.6) is 0 Å². The number of hydrogen-bond donors (Lipinski definition) is 4. The van der Waals surface area contributed by atoms with Crippen molar-refractivity contribution in [3.05, 3.63) is 97.1 Å². The number of azo groups is 1. The molecule has 6 rings (SSSR count). The third kappa shape index (κ3) is 16.1. The van der Waals surface area contributed by atoms with Gasteiger partial charge in [0.25, 0.3) is 0 Å². The Morgan fingerprint density at radius 3 is 1.55 bits per heavy atom. The number of aromatic nitrogens is 3. The minimum Gasteiger partial charge on any atom is -0.744 e. The summed E-state index contributed by atoms with van der Waals surface area (Å²) < 4.78 is 169. The number of anilines is 7. The number of benzene rings is 5. The van der Waals surface area contributed by atoms with Crippen molar-refractivity contribution in [1.82, 2.24) is 15.0 Å². The van der Waals surface area contributed by atoms with Gasteiger partial charge in [0.2, 0.25) is 28.2 Å². The van der Waals surface area contributed by atoms with Gasteiger partial charge in [-0.3, -0.25) is 4.18 Å². The van der Waals surface area contributed by atoms with Gasteiger partial charge in [0.1, 0.15) is 36.0 Å². The molecule has 326 valence electrons. The van der Waals surface area contributed by atoms with Crippen molar-refractivity contribution in [1.29, 1.82) is 0 Å². The maximum absolute atomic E-state index is 12.6. The summed E-state index contributed by atoms with van der Waals surface area (Å²) in [6.07, 6.45) is 0. The Labute approximate surface area is 465 Å². The zero-order valence-corrected chi connectivity index (χ0v) is 46.7. The van der Waals surface area contributed by atoms with E-state index in [1.54, 1.807) is 6.07 Å². The van der Waals surface area contributed by atoms with Crippen molar-refractivity contribution in [3.8, 4) is 0 Å². The number of nitrogens with one attached hydrogen (secondary N) is 3. The van der Waals surface area contributed by atoms with Crippen LogP contribution in [-0.4, -0.2) is 87.6 Å². The van der Waals surface area contributed by atoms with Crippen LogP contribution in [0.4, 0.5) is 52.0 Å². The van der Waals surface area contributed by atoms with Crippen molar-refractivity contribution in [3.63, 3.8) is 0 Å². The van der Waals surface area contributed by atoms with E-state index in [2.05, 4.69) is 45.3 Å². The number of nitrogen functional groups attached to an aromatic ring is 1. The van der Waals surface area contributed by atoms with Gasteiger partial charge >= 0.3 is 118 Å². The SMILES string of the molecule is Nc1c(S(=O)(=O)[O-])cc(N=Nc2cc(Nc3nc(Nc4ccc(S(=O)(=O)CCOS(=O)(=O)[O-])cc4)nc(Nc4cccc(S(=O)(=O)[O-])c4)n3)ccc2S(=O)(=O)[O-])c2ccccc12.[Na+].[Na+].[Na+].[Na+]. The molecule has 0 aliphatic carbocycles. The van der Waals surface area contributed by atoms with Gasteiger partial charge in [0.15, 0.2) is 9.84 Å². The second-order valence-electron chi connectivity index (χ2n) is 12.4. The van der Waals surface area contributed by atoms with Crippen LogP contribution in [-0.2, 0) is 54.8 Å². The predicted molar refractivity (Wildman–Crippen MR) is 213 cm³/mol. The van der Waals surface area contributed by atoms with Crippen LogP contribution in [0, 0.1) is 0 Å². The second kappa shape index (κ2) is 24.0. The third-order valence-electron chi connectivity index (χ3n) is 8.11. The van der Waals surface area contributed by atoms with Crippen LogP contribution >= 0.6 is 0 Å². The van der Waals surface area contributed by atoms with Gasteiger partial charge in [-0.1, -0.05) is 30.3 Å². The molecule has 0 aliphatic heterocycles. The first-order chi connectivity index (χ1) is 28.9. The Morgan fingerprint density at radius 2 is 1.02 bits per heavy atom. The van der Waals surface area contributed by atoms with Crippen molar-refractivity contribution in [2.45, 2.75) is 19.6 Å². The normalized spacial score (nSPS) is 11.9. The maximum Gasteiger partial charge on any atom is 1.00 e. The average molecular weight is 1040 g/mol. The first kappa shape index (κ1) is 59.8. The van der Waals surface area contributed by atoms with E-state index < -0.39 is 83.3 Å². The Hall–Kier alpha value is -2.28. The summed E-state index contributed by atoms with van der Waals surface area (Å²) >= 11 is 0. The van der Waals surface area contributed by atoms with Crippen molar-refractivity contribution in [2.75, 3.05) is 34.0 Å². The molecular weight excluding hydrogens is 1010 g/mol. The summed E-state index contributed by atoms with van der Waals surface area (Å²) in [4.78, 5) is 10.1. The molecule has 6 aromatic rings. The number of fused-ring (bicyclic) bond motifs is 1. The molecule has 0 aliphatic rings. The van der Waals surface area contributed by atoms with Gasteiger partial charge < -0.3 is 39.9 Å². The summed E-state index contributed by atoms with van der Waals surface area (Å²) in [5, 5.41) is 16.4. The number of sulfone groups is 1. The second-order valence-corrected chi connectivity index (χ2v) is 19.6. The monoisotopic (exact) mass is 1040 g/mol. The smallest absolute Gasteiger partial charge is 0.744 e. The van der Waals surface area contributed by atoms with E-state index >= 15 is 0 Å². The van der Waals surface area contributed by atoms with E-state index in [9.17, 15) is 60.3 Å². The summed E-state index contributed by atoms with van der Waals surface area (Å²) in [5.74, 6) is -1.72. The molecule has 0 saturated carbocycles. The van der Waals surface area contributed by atoms with Gasteiger partial charge in [-0.15, -0.1) is 10.2 Å². The molecule has 0 bridgehead atoms. The van der Waals surface area contributed by atoms with E-state index in [4.69, 9.17) is 5.73 Å². The fourth-order valence-electron chi connectivity index (χ4n) is 5.41. The van der Waals surface area contributed by atoms with Crippen LogP contribution < -0.4 is 140 Å². The Bertz CT molecular complexity index is 3360. The number of nitrogens with two attached hydrogens (primary N) is 1. The zero-order valence-electron chi connectivity index (χ0n) is 34.6. The van der Waals surface area contributed by atoms with E-state index in [0.717, 1.165) is 48.5 Å². The third-order valence-corrected chi connectivity index (χ3v) is 12.9. The largest absolute Gasteiger partial charge is 1.00 e. The molecular formula is C33H25N9Na4O15S5. The molecule has 0 saturated heterocycles. The molecule has 0 atom stereocenters. The molecule has 0 spiro atoms. The van der Waals surface area contributed by atoms with Crippen molar-refractivity contribution < 1.29 is 183 Å². The fourth-order valence-corrected chi connectivity index (χ4v) is 8.63.